The molecule has 0 aliphatic heterocycles. The zero-order valence-electron chi connectivity index (χ0n) is 10.9. The quantitative estimate of drug-likeness (QED) is 0.817. The van der Waals surface area contributed by atoms with Gasteiger partial charge in [-0.1, -0.05) is 24.8 Å². The smallest absolute Gasteiger partial charge is 0.130 e. The van der Waals surface area contributed by atoms with Gasteiger partial charge in [0.2, 0.25) is 0 Å². The average Bonchev–Trinajstić information content (AvgIpc) is 2.47. The van der Waals surface area contributed by atoms with E-state index in [9.17, 15) is 9.90 Å². The number of carbonyl (C=O) groups excluding carboxylic acids is 1. The van der Waals surface area contributed by atoms with Gasteiger partial charge < -0.3 is 15.2 Å². The second-order valence-corrected chi connectivity index (χ2v) is 5.22. The molecular formula is C14H14N3O2S-. The maximum atomic E-state index is 11.0. The molecule has 1 atom stereocenters. The van der Waals surface area contributed by atoms with Crippen LogP contribution in [0.1, 0.15) is 13.3 Å². The predicted octanol–water partition coefficient (Wildman–Crippen LogP) is 1.84. The van der Waals surface area contributed by atoms with Gasteiger partial charge in [-0.3, -0.25) is 0 Å². The molecule has 0 bridgehead atoms. The third-order valence-electron chi connectivity index (χ3n) is 2.59. The maximum absolute atomic E-state index is 11.0. The van der Waals surface area contributed by atoms with Gasteiger partial charge in [-0.25, -0.2) is 9.97 Å². The van der Waals surface area contributed by atoms with Gasteiger partial charge in [0.25, 0.3) is 0 Å². The van der Waals surface area contributed by atoms with Crippen LogP contribution in [0.5, 0.6) is 0 Å². The van der Waals surface area contributed by atoms with Gasteiger partial charge >= 0.3 is 0 Å². The van der Waals surface area contributed by atoms with Crippen LogP contribution in [-0.2, 0) is 4.79 Å². The molecule has 20 heavy (non-hydrogen) atoms. The second-order valence-electron chi connectivity index (χ2n) is 4.03. The van der Waals surface area contributed by atoms with Crippen molar-refractivity contribution >= 4 is 29.2 Å². The summed E-state index contributed by atoms with van der Waals surface area (Å²) in [5.74, 6) is -0.393. The fraction of sp³-hybridized carbons (Fsp3) is 0.214. The Kier molecular flexibility index (Phi) is 4.95. The van der Waals surface area contributed by atoms with Gasteiger partial charge in [-0.05, 0) is 30.7 Å². The molecule has 0 aliphatic rings. The van der Waals surface area contributed by atoms with Crippen LogP contribution in [0, 0.1) is 0 Å². The van der Waals surface area contributed by atoms with Gasteiger partial charge in [0.05, 0.1) is 16.9 Å². The normalized spacial score (nSPS) is 11.8. The number of pyridine rings is 2. The number of aromatic nitrogens is 2. The van der Waals surface area contributed by atoms with Crippen LogP contribution in [0.15, 0.2) is 47.8 Å². The van der Waals surface area contributed by atoms with Crippen molar-refractivity contribution in [3.05, 3.63) is 42.7 Å². The van der Waals surface area contributed by atoms with Crippen LogP contribution in [-0.4, -0.2) is 21.2 Å². The minimum atomic E-state index is -1.08. The third-order valence-corrected chi connectivity index (χ3v) is 3.95. The molecule has 2 heterocycles. The van der Waals surface area contributed by atoms with E-state index >= 15 is 0 Å². The first-order chi connectivity index (χ1) is 9.70. The number of nitrogens with one attached hydrogen (secondary N) is 1. The highest BCUT2D eigenvalue weighted by Crippen LogP contribution is 2.30. The SMILES string of the molecule is CCC(Sc1ncccc1Nc1ccccn1)C(=O)[O-]. The molecule has 0 aliphatic carbocycles. The van der Waals surface area contributed by atoms with Gasteiger partial charge in [-0.15, -0.1) is 0 Å². The Morgan fingerprint density at radius 2 is 2.10 bits per heavy atom. The molecule has 0 aromatic carbocycles. The van der Waals surface area contributed by atoms with Crippen molar-refractivity contribution in [2.24, 2.45) is 0 Å². The Morgan fingerprint density at radius 1 is 1.30 bits per heavy atom. The van der Waals surface area contributed by atoms with Crippen molar-refractivity contribution in [1.82, 2.24) is 9.97 Å². The number of nitrogens with zero attached hydrogens (tertiary/aromatic N) is 2. The molecule has 2 aromatic rings. The van der Waals surface area contributed by atoms with Gasteiger partial charge in [0, 0.05) is 12.4 Å². The Balaban J connectivity index is 2.20. The number of anilines is 2. The molecule has 0 fully saturated rings. The lowest BCUT2D eigenvalue weighted by Gasteiger charge is -2.17. The highest BCUT2D eigenvalue weighted by molar-refractivity contribution is 8.00. The lowest BCUT2D eigenvalue weighted by molar-refractivity contribution is -0.304. The van der Waals surface area contributed by atoms with Crippen molar-refractivity contribution in [3.8, 4) is 0 Å². The first-order valence-corrected chi connectivity index (χ1v) is 7.09. The van der Waals surface area contributed by atoms with Crippen LogP contribution in [0.4, 0.5) is 11.5 Å². The van der Waals surface area contributed by atoms with E-state index in [1.807, 2.05) is 31.2 Å². The number of carboxylic acid groups (broad SMARTS) is 1. The summed E-state index contributed by atoms with van der Waals surface area (Å²) in [4.78, 5) is 19.4. The van der Waals surface area contributed by atoms with Crippen molar-refractivity contribution in [2.75, 3.05) is 5.32 Å². The van der Waals surface area contributed by atoms with E-state index in [-0.39, 0.29) is 0 Å². The van der Waals surface area contributed by atoms with E-state index in [0.717, 1.165) is 5.69 Å². The Hall–Kier alpha value is -2.08. The summed E-state index contributed by atoms with van der Waals surface area (Å²) >= 11 is 1.18. The van der Waals surface area contributed by atoms with E-state index < -0.39 is 11.2 Å². The number of hydrogen-bond donors (Lipinski definition) is 1. The van der Waals surface area contributed by atoms with Crippen molar-refractivity contribution < 1.29 is 9.90 Å². The molecule has 1 unspecified atom stereocenters. The monoisotopic (exact) mass is 288 g/mol. The standard InChI is InChI=1S/C14H15N3O2S/c1-2-11(14(18)19)20-13-10(6-5-9-16-13)17-12-7-3-4-8-15-12/h3-9,11H,2H2,1H3,(H,15,17)(H,18,19)/p-1. The van der Waals surface area contributed by atoms with Gasteiger partial charge in [0.1, 0.15) is 10.8 Å². The topological polar surface area (TPSA) is 77.9 Å². The highest BCUT2D eigenvalue weighted by atomic mass is 32.2. The van der Waals surface area contributed by atoms with Gasteiger partial charge in [-0.2, -0.15) is 0 Å². The zero-order valence-corrected chi connectivity index (χ0v) is 11.8. The minimum Gasteiger partial charge on any atom is -0.549 e. The largest absolute Gasteiger partial charge is 0.549 e. The Bertz CT molecular complexity index is 578. The number of thioether (sulfide) groups is 1. The third kappa shape index (κ3) is 3.71. The minimum absolute atomic E-state index is 0.479. The van der Waals surface area contributed by atoms with E-state index in [1.54, 1.807) is 18.5 Å². The number of hydrogen-bond acceptors (Lipinski definition) is 6. The van der Waals surface area contributed by atoms with Crippen LogP contribution in [0.3, 0.4) is 0 Å². The summed E-state index contributed by atoms with van der Waals surface area (Å²) in [6.07, 6.45) is 3.79. The molecule has 0 saturated heterocycles. The molecule has 5 nitrogen and oxygen atoms in total. The fourth-order valence-corrected chi connectivity index (χ4v) is 2.49. The molecule has 6 heteroatoms. The van der Waals surface area contributed by atoms with Crippen LogP contribution in [0.25, 0.3) is 0 Å². The fourth-order valence-electron chi connectivity index (χ4n) is 1.59. The van der Waals surface area contributed by atoms with Crippen molar-refractivity contribution in [3.63, 3.8) is 0 Å². The van der Waals surface area contributed by atoms with Crippen LogP contribution in [0.2, 0.25) is 0 Å². The maximum Gasteiger partial charge on any atom is 0.130 e. The van der Waals surface area contributed by atoms with E-state index in [0.29, 0.717) is 17.3 Å². The molecule has 1 N–H and O–H groups in total. The Labute approximate surface area is 121 Å². The zero-order chi connectivity index (χ0) is 14.4. The summed E-state index contributed by atoms with van der Waals surface area (Å²) in [6, 6.07) is 9.15. The van der Waals surface area contributed by atoms with E-state index in [1.165, 1.54) is 11.8 Å². The number of rotatable bonds is 6. The molecule has 104 valence electrons. The highest BCUT2D eigenvalue weighted by Gasteiger charge is 2.13. The molecule has 2 rings (SSSR count). The lowest BCUT2D eigenvalue weighted by Crippen LogP contribution is -2.33. The molecular weight excluding hydrogens is 274 g/mol. The van der Waals surface area contributed by atoms with E-state index in [2.05, 4.69) is 15.3 Å². The van der Waals surface area contributed by atoms with Gasteiger partial charge in [0.15, 0.2) is 0 Å². The number of aliphatic carboxylic acids is 1. The molecule has 0 radical (unpaired) electrons. The lowest BCUT2D eigenvalue weighted by atomic mass is 10.3. The van der Waals surface area contributed by atoms with Crippen LogP contribution >= 0.6 is 11.8 Å². The molecule has 0 saturated carbocycles. The predicted molar refractivity (Wildman–Crippen MR) is 76.7 cm³/mol. The van der Waals surface area contributed by atoms with E-state index in [4.69, 9.17) is 0 Å². The summed E-state index contributed by atoms with van der Waals surface area (Å²) in [5.41, 5.74) is 0.732. The summed E-state index contributed by atoms with van der Waals surface area (Å²) in [6.45, 7) is 1.81. The summed E-state index contributed by atoms with van der Waals surface area (Å²) < 4.78 is 0. The summed E-state index contributed by atoms with van der Waals surface area (Å²) in [7, 11) is 0. The molecule has 2 aromatic heterocycles. The number of carboxylic acids is 1. The molecule has 0 amide bonds. The Morgan fingerprint density at radius 3 is 2.75 bits per heavy atom. The average molecular weight is 288 g/mol. The number of carbonyl (C=O) groups is 1. The first-order valence-electron chi connectivity index (χ1n) is 6.21. The second kappa shape index (κ2) is 6.91. The summed E-state index contributed by atoms with van der Waals surface area (Å²) in [5, 5.41) is 14.1. The van der Waals surface area contributed by atoms with Crippen molar-refractivity contribution in [1.29, 1.82) is 0 Å². The first kappa shape index (κ1) is 14.3. The molecule has 0 spiro atoms. The van der Waals surface area contributed by atoms with Crippen LogP contribution < -0.4 is 10.4 Å². The van der Waals surface area contributed by atoms with Crippen molar-refractivity contribution in [2.45, 2.75) is 23.6 Å².